The van der Waals surface area contributed by atoms with Crippen LogP contribution in [0.5, 0.6) is 0 Å². The summed E-state index contributed by atoms with van der Waals surface area (Å²) in [5.74, 6) is 1.32. The third-order valence-corrected chi connectivity index (χ3v) is 4.23. The van der Waals surface area contributed by atoms with Crippen molar-refractivity contribution in [2.24, 2.45) is 0 Å². The zero-order valence-electron chi connectivity index (χ0n) is 8.44. The average molecular weight is 300 g/mol. The minimum absolute atomic E-state index is 0.592. The van der Waals surface area contributed by atoms with Gasteiger partial charge in [-0.1, -0.05) is 5.16 Å². The maximum atomic E-state index is 5.22. The second kappa shape index (κ2) is 4.27. The highest BCUT2D eigenvalue weighted by molar-refractivity contribution is 9.10. The van der Waals surface area contributed by atoms with Crippen LogP contribution in [0.1, 0.15) is 18.7 Å². The van der Waals surface area contributed by atoms with Gasteiger partial charge < -0.3 is 9.84 Å². The molecule has 0 radical (unpaired) electrons. The molecule has 2 aromatic heterocycles. The van der Waals surface area contributed by atoms with Gasteiger partial charge in [-0.15, -0.1) is 11.3 Å². The van der Waals surface area contributed by atoms with Gasteiger partial charge in [0.2, 0.25) is 0 Å². The summed E-state index contributed by atoms with van der Waals surface area (Å²) >= 11 is 5.04. The van der Waals surface area contributed by atoms with E-state index in [0.29, 0.717) is 18.5 Å². The zero-order valence-corrected chi connectivity index (χ0v) is 10.8. The van der Waals surface area contributed by atoms with E-state index in [1.54, 1.807) is 11.3 Å². The molecule has 3 rings (SSSR count). The maximum Gasteiger partial charge on any atom is 0.269 e. The van der Waals surface area contributed by atoms with Crippen molar-refractivity contribution in [2.75, 3.05) is 0 Å². The molecule has 16 heavy (non-hydrogen) atoms. The van der Waals surface area contributed by atoms with Gasteiger partial charge in [-0.05, 0) is 40.2 Å². The topological polar surface area (TPSA) is 51.0 Å². The fourth-order valence-corrected chi connectivity index (χ4v) is 2.85. The summed E-state index contributed by atoms with van der Waals surface area (Å²) in [6, 6.07) is 2.64. The Labute approximate surface area is 105 Å². The number of aromatic nitrogens is 2. The summed E-state index contributed by atoms with van der Waals surface area (Å²) in [6.07, 6.45) is 2.53. The van der Waals surface area contributed by atoms with Crippen LogP contribution in [0.2, 0.25) is 0 Å². The molecule has 0 aliphatic heterocycles. The zero-order chi connectivity index (χ0) is 11.0. The van der Waals surface area contributed by atoms with Gasteiger partial charge in [-0.3, -0.25) is 0 Å². The molecule has 84 valence electrons. The molecule has 0 aromatic carbocycles. The molecule has 0 saturated heterocycles. The van der Waals surface area contributed by atoms with Gasteiger partial charge in [0.15, 0.2) is 5.82 Å². The Morgan fingerprint density at radius 3 is 3.12 bits per heavy atom. The van der Waals surface area contributed by atoms with E-state index in [1.165, 1.54) is 12.8 Å². The fraction of sp³-hybridized carbons (Fsp3) is 0.400. The van der Waals surface area contributed by atoms with E-state index in [9.17, 15) is 0 Å². The Bertz CT molecular complexity index is 492. The smallest absolute Gasteiger partial charge is 0.269 e. The van der Waals surface area contributed by atoms with E-state index in [-0.39, 0.29) is 0 Å². The first-order valence-electron chi connectivity index (χ1n) is 5.12. The minimum atomic E-state index is 0.592. The van der Waals surface area contributed by atoms with Crippen molar-refractivity contribution in [1.29, 1.82) is 0 Å². The van der Waals surface area contributed by atoms with E-state index in [4.69, 9.17) is 4.52 Å². The average Bonchev–Trinajstić information content (AvgIpc) is 2.82. The predicted molar refractivity (Wildman–Crippen MR) is 65.2 cm³/mol. The van der Waals surface area contributed by atoms with Crippen LogP contribution in [0.3, 0.4) is 0 Å². The summed E-state index contributed by atoms with van der Waals surface area (Å²) in [7, 11) is 0. The third kappa shape index (κ3) is 2.18. The quantitative estimate of drug-likeness (QED) is 0.943. The van der Waals surface area contributed by atoms with Gasteiger partial charge in [0, 0.05) is 10.5 Å². The van der Waals surface area contributed by atoms with Crippen LogP contribution < -0.4 is 5.32 Å². The van der Waals surface area contributed by atoms with Crippen molar-refractivity contribution in [3.63, 3.8) is 0 Å². The summed E-state index contributed by atoms with van der Waals surface area (Å²) in [5.41, 5.74) is 0. The fourth-order valence-electron chi connectivity index (χ4n) is 1.39. The van der Waals surface area contributed by atoms with E-state index in [1.807, 2.05) is 11.4 Å². The van der Waals surface area contributed by atoms with Gasteiger partial charge in [0.1, 0.15) is 4.88 Å². The lowest BCUT2D eigenvalue weighted by atomic mass is 10.4. The number of nitrogens with one attached hydrogen (secondary N) is 1. The van der Waals surface area contributed by atoms with Crippen molar-refractivity contribution < 1.29 is 4.52 Å². The molecule has 1 aliphatic rings. The molecule has 0 spiro atoms. The van der Waals surface area contributed by atoms with Gasteiger partial charge in [0.25, 0.3) is 5.89 Å². The lowest BCUT2D eigenvalue weighted by Gasteiger charge is -1.94. The second-order valence-electron chi connectivity index (χ2n) is 3.77. The molecule has 0 bridgehead atoms. The first-order chi connectivity index (χ1) is 7.83. The molecule has 1 fully saturated rings. The number of hydrogen-bond donors (Lipinski definition) is 1. The van der Waals surface area contributed by atoms with E-state index < -0.39 is 0 Å². The summed E-state index contributed by atoms with van der Waals surface area (Å²) in [6.45, 7) is 0.692. The number of thiophene rings is 1. The summed E-state index contributed by atoms with van der Waals surface area (Å²) < 4.78 is 6.22. The Morgan fingerprint density at radius 1 is 1.56 bits per heavy atom. The molecule has 0 unspecified atom stereocenters. The molecule has 4 nitrogen and oxygen atoms in total. The molecule has 0 atom stereocenters. The maximum absolute atomic E-state index is 5.22. The number of rotatable bonds is 4. The Balaban J connectivity index is 1.74. The minimum Gasteiger partial charge on any atom is -0.333 e. The summed E-state index contributed by atoms with van der Waals surface area (Å²) in [5, 5.41) is 9.29. The molecular formula is C10H10BrN3OS. The Hall–Kier alpha value is -0.720. The highest BCUT2D eigenvalue weighted by Gasteiger charge is 2.21. The molecule has 1 saturated carbocycles. The van der Waals surface area contributed by atoms with Crippen molar-refractivity contribution in [2.45, 2.75) is 25.4 Å². The molecule has 1 aliphatic carbocycles. The summed E-state index contributed by atoms with van der Waals surface area (Å²) in [4.78, 5) is 5.34. The van der Waals surface area contributed by atoms with Crippen LogP contribution in [-0.4, -0.2) is 16.2 Å². The molecular weight excluding hydrogens is 290 g/mol. The molecule has 6 heteroatoms. The van der Waals surface area contributed by atoms with Crippen molar-refractivity contribution >= 4 is 27.3 Å². The van der Waals surface area contributed by atoms with Crippen molar-refractivity contribution in [3.05, 3.63) is 21.7 Å². The van der Waals surface area contributed by atoms with Crippen LogP contribution >= 0.6 is 27.3 Å². The third-order valence-electron chi connectivity index (χ3n) is 2.41. The van der Waals surface area contributed by atoms with Gasteiger partial charge in [-0.2, -0.15) is 4.98 Å². The second-order valence-corrected chi connectivity index (χ2v) is 5.54. The standard InChI is InChI=1S/C10H10BrN3OS/c11-7-3-4-16-9(7)10-13-8(14-15-10)5-12-6-1-2-6/h3-4,6,12H,1-2,5H2. The number of hydrogen-bond acceptors (Lipinski definition) is 5. The van der Waals surface area contributed by atoms with E-state index >= 15 is 0 Å². The molecule has 0 amide bonds. The number of halogens is 1. The molecule has 2 aromatic rings. The highest BCUT2D eigenvalue weighted by atomic mass is 79.9. The van der Waals surface area contributed by atoms with Crippen LogP contribution in [0.25, 0.3) is 10.8 Å². The monoisotopic (exact) mass is 299 g/mol. The number of nitrogens with zero attached hydrogens (tertiary/aromatic N) is 2. The largest absolute Gasteiger partial charge is 0.333 e. The molecule has 1 N–H and O–H groups in total. The van der Waals surface area contributed by atoms with Gasteiger partial charge in [-0.25, -0.2) is 0 Å². The first-order valence-corrected chi connectivity index (χ1v) is 6.79. The van der Waals surface area contributed by atoms with Crippen LogP contribution in [0.4, 0.5) is 0 Å². The molecule has 2 heterocycles. The highest BCUT2D eigenvalue weighted by Crippen LogP contribution is 2.32. The van der Waals surface area contributed by atoms with Crippen molar-refractivity contribution in [1.82, 2.24) is 15.5 Å². The normalized spacial score (nSPS) is 15.6. The van der Waals surface area contributed by atoms with Crippen molar-refractivity contribution in [3.8, 4) is 10.8 Å². The van der Waals surface area contributed by atoms with Gasteiger partial charge in [0.05, 0.1) is 6.54 Å². The lowest BCUT2D eigenvalue weighted by Crippen LogP contribution is -2.16. The Morgan fingerprint density at radius 2 is 2.44 bits per heavy atom. The Kier molecular flexibility index (Phi) is 2.79. The van der Waals surface area contributed by atoms with Crippen LogP contribution in [-0.2, 0) is 6.54 Å². The van der Waals surface area contributed by atoms with Gasteiger partial charge >= 0.3 is 0 Å². The lowest BCUT2D eigenvalue weighted by molar-refractivity contribution is 0.420. The van der Waals surface area contributed by atoms with Crippen LogP contribution in [0.15, 0.2) is 20.4 Å². The van der Waals surface area contributed by atoms with E-state index in [0.717, 1.165) is 15.2 Å². The first kappa shape index (κ1) is 10.4. The van der Waals surface area contributed by atoms with Crippen LogP contribution in [0, 0.1) is 0 Å². The predicted octanol–water partition coefficient (Wildman–Crippen LogP) is 2.81. The SMILES string of the molecule is Brc1ccsc1-c1nc(CNC2CC2)no1. The van der Waals surface area contributed by atoms with E-state index in [2.05, 4.69) is 31.4 Å².